The number of halogens is 2. The Bertz CT molecular complexity index is 592. The summed E-state index contributed by atoms with van der Waals surface area (Å²) >= 11 is -2.67. The van der Waals surface area contributed by atoms with Gasteiger partial charge in [0.25, 0.3) is 0 Å². The molecular weight excluding hydrogens is 363 g/mol. The van der Waals surface area contributed by atoms with Crippen LogP contribution in [0.1, 0.15) is 53.4 Å². The van der Waals surface area contributed by atoms with Gasteiger partial charge in [-0.15, -0.1) is 24.8 Å². The molecule has 126 valence electrons. The first-order valence-corrected chi connectivity index (χ1v) is 16.8. The van der Waals surface area contributed by atoms with Gasteiger partial charge in [0.05, 0.1) is 0 Å². The normalized spacial score (nSPS) is 18.9. The zero-order valence-electron chi connectivity index (χ0n) is 15.0. The monoisotopic (exact) mass is 394 g/mol. The van der Waals surface area contributed by atoms with Crippen molar-refractivity contribution in [2.45, 2.75) is 63.8 Å². The van der Waals surface area contributed by atoms with Gasteiger partial charge in [-0.3, -0.25) is 0 Å². The van der Waals surface area contributed by atoms with Crippen LogP contribution in [-0.2, 0) is 14.0 Å². The van der Waals surface area contributed by atoms with Gasteiger partial charge in [-0.2, -0.15) is 0 Å². The van der Waals surface area contributed by atoms with Crippen molar-refractivity contribution in [2.24, 2.45) is 0 Å². The van der Waals surface area contributed by atoms with E-state index in [1.807, 2.05) is 7.76 Å². The second-order valence-electron chi connectivity index (χ2n) is 7.47. The third-order valence-corrected chi connectivity index (χ3v) is 17.0. The molecule has 0 saturated heterocycles. The van der Waals surface area contributed by atoms with Crippen molar-refractivity contribution in [2.75, 3.05) is 0 Å². The first-order chi connectivity index (χ1) is 9.21. The topological polar surface area (TPSA) is 0 Å². The number of rotatable bonds is 4. The van der Waals surface area contributed by atoms with Crippen LogP contribution < -0.4 is 0 Å². The Balaban J connectivity index is 0.00000220. The molecule has 0 N–H and O–H groups in total. The molecule has 2 rings (SSSR count). The van der Waals surface area contributed by atoms with E-state index in [4.69, 9.17) is 0 Å². The summed E-state index contributed by atoms with van der Waals surface area (Å²) < 4.78 is 3.66. The number of hydrogen-bond acceptors (Lipinski definition) is 0. The van der Waals surface area contributed by atoms with Crippen molar-refractivity contribution >= 4 is 32.4 Å². The molecule has 0 heterocycles. The fourth-order valence-electron chi connectivity index (χ4n) is 4.31. The number of allylic oxidation sites excluding steroid dienone is 8. The van der Waals surface area contributed by atoms with Crippen molar-refractivity contribution in [1.29, 1.82) is 0 Å². The first kappa shape index (κ1) is 22.5. The van der Waals surface area contributed by atoms with E-state index >= 15 is 0 Å². The van der Waals surface area contributed by atoms with Crippen molar-refractivity contribution < 1.29 is 14.0 Å². The molecule has 2 aliphatic rings. The van der Waals surface area contributed by atoms with Crippen LogP contribution in [-0.4, -0.2) is 7.63 Å². The maximum Gasteiger partial charge on any atom is -0.147 e. The van der Waals surface area contributed by atoms with E-state index in [1.54, 1.807) is 22.3 Å². The van der Waals surface area contributed by atoms with Crippen LogP contribution in [0.25, 0.3) is 0 Å². The van der Waals surface area contributed by atoms with E-state index in [2.05, 4.69) is 57.9 Å². The molecule has 0 saturated carbocycles. The van der Waals surface area contributed by atoms with E-state index in [0.717, 1.165) is 0 Å². The molecule has 22 heavy (non-hydrogen) atoms. The standard InChI is InChI=1S/2C8H11.2CH3.2ClH.H2Si.Ti/c2*1-3-8-6-4-5-7(8)2;;;;;;/h2*6H,3-4H2,1-2H3;2*1H3;2*1H;1H2;. The molecule has 0 atom stereocenters. The van der Waals surface area contributed by atoms with Gasteiger partial charge in [0.1, 0.15) is 0 Å². The average molecular weight is 395 g/mol. The van der Waals surface area contributed by atoms with E-state index in [1.165, 1.54) is 25.7 Å². The molecule has 0 aromatic heterocycles. The van der Waals surface area contributed by atoms with Crippen LogP contribution in [0, 0.1) is 0 Å². The minimum absolute atomic E-state index is 0. The Hall–Kier alpha value is 0.471. The summed E-state index contributed by atoms with van der Waals surface area (Å²) in [5, 5.41) is 5.29. The molecule has 0 unspecified atom stereocenters. The van der Waals surface area contributed by atoms with E-state index < -0.39 is 14.0 Å². The average Bonchev–Trinajstić information content (AvgIpc) is 2.92. The Labute approximate surface area is 151 Å². The minimum Gasteiger partial charge on any atom is -0.147 e. The molecular formula is C18H32Cl2SiTi. The van der Waals surface area contributed by atoms with Crippen LogP contribution >= 0.6 is 24.8 Å². The summed E-state index contributed by atoms with van der Waals surface area (Å²) in [6, 6.07) is 0. The maximum absolute atomic E-state index is 2.67. The van der Waals surface area contributed by atoms with Gasteiger partial charge in [-0.05, 0) is 0 Å². The molecule has 0 nitrogen and oxygen atoms in total. The molecule has 0 amide bonds. The maximum atomic E-state index is 2.65. The van der Waals surface area contributed by atoms with Gasteiger partial charge >= 0.3 is 128 Å². The quantitative estimate of drug-likeness (QED) is 0.498. The van der Waals surface area contributed by atoms with Gasteiger partial charge in [-0.25, -0.2) is 0 Å². The summed E-state index contributed by atoms with van der Waals surface area (Å²) in [6.45, 7) is 9.33. The SMILES string of the molecule is CCC1=CC[C]([Ti]([CH3])([CH3])(=[SiH2])[C]2=C(C)C(CC)=CC2)=C1C.Cl.Cl. The van der Waals surface area contributed by atoms with Crippen LogP contribution in [0.3, 0.4) is 0 Å². The van der Waals surface area contributed by atoms with Crippen molar-refractivity contribution in [3.63, 3.8) is 0 Å². The molecule has 0 radical (unpaired) electrons. The van der Waals surface area contributed by atoms with E-state index in [0.29, 0.717) is 0 Å². The van der Waals surface area contributed by atoms with Gasteiger partial charge in [0.2, 0.25) is 0 Å². The molecule has 0 fully saturated rings. The van der Waals surface area contributed by atoms with Crippen LogP contribution in [0.15, 0.2) is 42.2 Å². The van der Waals surface area contributed by atoms with Crippen LogP contribution in [0.2, 0.25) is 10.5 Å². The second-order valence-corrected chi connectivity index (χ2v) is 26.5. The minimum atomic E-state index is -2.67. The third-order valence-electron chi connectivity index (χ3n) is 5.67. The summed E-state index contributed by atoms with van der Waals surface area (Å²) in [6.07, 6.45) is 9.82. The van der Waals surface area contributed by atoms with E-state index in [9.17, 15) is 0 Å². The third kappa shape index (κ3) is 3.59. The predicted octanol–water partition coefficient (Wildman–Crippen LogP) is 6.19. The Morgan fingerprint density at radius 2 is 1.18 bits per heavy atom. The molecule has 0 aliphatic heterocycles. The van der Waals surface area contributed by atoms with Gasteiger partial charge < -0.3 is 0 Å². The fourth-order valence-corrected chi connectivity index (χ4v) is 14.9. The predicted molar refractivity (Wildman–Crippen MR) is 106 cm³/mol. The zero-order valence-corrected chi connectivity index (χ0v) is 19.6. The van der Waals surface area contributed by atoms with Crippen molar-refractivity contribution in [3.8, 4) is 0 Å². The smallest absolute Gasteiger partial charge is 0.147 e. The molecule has 2 aliphatic carbocycles. The van der Waals surface area contributed by atoms with Gasteiger partial charge in [-0.1, -0.05) is 0 Å². The summed E-state index contributed by atoms with van der Waals surface area (Å²) in [7, 11) is 2.38. The zero-order chi connectivity index (χ0) is 15.2. The molecule has 0 bridgehead atoms. The van der Waals surface area contributed by atoms with Gasteiger partial charge in [0.15, 0.2) is 0 Å². The molecule has 4 heteroatoms. The molecule has 0 aromatic carbocycles. The van der Waals surface area contributed by atoms with Crippen molar-refractivity contribution in [1.82, 2.24) is 0 Å². The van der Waals surface area contributed by atoms with E-state index in [-0.39, 0.29) is 24.8 Å². The van der Waals surface area contributed by atoms with Gasteiger partial charge in [0, 0.05) is 0 Å². The summed E-state index contributed by atoms with van der Waals surface area (Å²) in [5.74, 6) is 0. The fraction of sp³-hybridized carbons (Fsp3) is 0.556. The van der Waals surface area contributed by atoms with Crippen molar-refractivity contribution in [3.05, 3.63) is 42.2 Å². The second kappa shape index (κ2) is 7.57. The summed E-state index contributed by atoms with van der Waals surface area (Å²) in [5.41, 5.74) is 6.47. The Kier molecular flexibility index (Phi) is 7.73. The largest absolute Gasteiger partial charge is 0.147 e. The summed E-state index contributed by atoms with van der Waals surface area (Å²) in [4.78, 5) is 0. The Morgan fingerprint density at radius 1 is 0.864 bits per heavy atom. The molecule has 0 aromatic rings. The van der Waals surface area contributed by atoms with Crippen LogP contribution in [0.5, 0.6) is 0 Å². The first-order valence-electron chi connectivity index (χ1n) is 8.08. The Morgan fingerprint density at radius 3 is 1.41 bits per heavy atom. The number of hydrogen-bond donors (Lipinski definition) is 0. The molecule has 0 spiro atoms. The van der Waals surface area contributed by atoms with Crippen LogP contribution in [0.4, 0.5) is 0 Å².